The third-order valence-electron chi connectivity index (χ3n) is 8.99. The SMILES string of the molecule is CCOC(=O)N[C@H]1CC[C@@H]2[C@H](C1)C[C@@H]1C(=O)O[C@@H](C)[C@@H]1[C@@H]2/C=C/C1=CC=C(c2cccc(F)c2)C(C)C1.[HH]. The van der Waals surface area contributed by atoms with Crippen molar-refractivity contribution in [3.05, 3.63) is 65.5 Å². The maximum atomic E-state index is 13.8. The highest BCUT2D eigenvalue weighted by Crippen LogP contribution is 2.53. The van der Waals surface area contributed by atoms with Crippen LogP contribution in [0.4, 0.5) is 9.18 Å². The monoisotopic (exact) mass is 509 g/mol. The molecule has 2 saturated carbocycles. The number of cyclic esters (lactones) is 1. The number of hydrogen-bond donors (Lipinski definition) is 1. The van der Waals surface area contributed by atoms with Crippen molar-refractivity contribution in [2.24, 2.45) is 35.5 Å². The lowest BCUT2D eigenvalue weighted by Gasteiger charge is -2.47. The molecule has 8 atom stereocenters. The summed E-state index contributed by atoms with van der Waals surface area (Å²) in [6.45, 7) is 6.39. The molecule has 3 aliphatic carbocycles. The lowest BCUT2D eigenvalue weighted by atomic mass is 9.57. The Morgan fingerprint density at radius 1 is 1.24 bits per heavy atom. The zero-order valence-electron chi connectivity index (χ0n) is 22.0. The number of halogens is 1. The van der Waals surface area contributed by atoms with Gasteiger partial charge in [-0.05, 0) is 98.5 Å². The van der Waals surface area contributed by atoms with Gasteiger partial charge in [-0.1, -0.05) is 43.4 Å². The summed E-state index contributed by atoms with van der Waals surface area (Å²) in [6, 6.07) is 6.89. The number of hydrogen-bond acceptors (Lipinski definition) is 4. The molecule has 0 aromatic heterocycles. The summed E-state index contributed by atoms with van der Waals surface area (Å²) in [7, 11) is 0. The molecule has 1 amide bonds. The van der Waals surface area contributed by atoms with Gasteiger partial charge < -0.3 is 14.8 Å². The highest BCUT2D eigenvalue weighted by atomic mass is 19.1. The van der Waals surface area contributed by atoms with Crippen molar-refractivity contribution in [1.82, 2.24) is 5.32 Å². The minimum Gasteiger partial charge on any atom is -0.462 e. The van der Waals surface area contributed by atoms with E-state index in [1.807, 2.05) is 19.9 Å². The summed E-state index contributed by atoms with van der Waals surface area (Å²) in [6.07, 6.45) is 13.0. The van der Waals surface area contributed by atoms with E-state index in [0.717, 1.165) is 43.2 Å². The largest absolute Gasteiger partial charge is 0.462 e. The van der Waals surface area contributed by atoms with Crippen LogP contribution in [0.3, 0.4) is 0 Å². The van der Waals surface area contributed by atoms with E-state index < -0.39 is 0 Å². The number of ether oxygens (including phenoxy) is 2. The average molecular weight is 510 g/mol. The predicted octanol–water partition coefficient (Wildman–Crippen LogP) is 6.71. The maximum absolute atomic E-state index is 13.8. The van der Waals surface area contributed by atoms with Crippen LogP contribution in [-0.4, -0.2) is 30.8 Å². The maximum Gasteiger partial charge on any atom is 0.407 e. The number of nitrogens with one attached hydrogen (secondary N) is 1. The number of benzene rings is 1. The van der Waals surface area contributed by atoms with E-state index in [0.29, 0.717) is 18.4 Å². The van der Waals surface area contributed by atoms with E-state index in [-0.39, 0.29) is 55.1 Å². The van der Waals surface area contributed by atoms with Crippen molar-refractivity contribution in [2.45, 2.75) is 65.0 Å². The van der Waals surface area contributed by atoms with Crippen LogP contribution in [0, 0.1) is 41.3 Å². The minimum absolute atomic E-state index is 0. The summed E-state index contributed by atoms with van der Waals surface area (Å²) in [4.78, 5) is 24.7. The smallest absolute Gasteiger partial charge is 0.407 e. The van der Waals surface area contributed by atoms with Crippen molar-refractivity contribution in [1.29, 1.82) is 0 Å². The molecule has 5 rings (SSSR count). The van der Waals surface area contributed by atoms with Gasteiger partial charge >= 0.3 is 12.1 Å². The molecule has 1 heterocycles. The predicted molar refractivity (Wildman–Crippen MR) is 143 cm³/mol. The Balaban J connectivity index is 0.00000336. The topological polar surface area (TPSA) is 64.6 Å². The third-order valence-corrected chi connectivity index (χ3v) is 8.99. The Hall–Kier alpha value is -2.89. The van der Waals surface area contributed by atoms with Gasteiger partial charge in [0.25, 0.3) is 0 Å². The highest BCUT2D eigenvalue weighted by Gasteiger charge is 2.54. The fraction of sp³-hybridized carbons (Fsp3) is 0.548. The van der Waals surface area contributed by atoms with Gasteiger partial charge in [-0.25, -0.2) is 9.18 Å². The first-order valence-corrected chi connectivity index (χ1v) is 13.8. The van der Waals surface area contributed by atoms with Gasteiger partial charge in [0.2, 0.25) is 0 Å². The summed E-state index contributed by atoms with van der Waals surface area (Å²) < 4.78 is 24.6. The molecule has 5 nitrogen and oxygen atoms in total. The second kappa shape index (κ2) is 10.8. The number of esters is 1. The van der Waals surface area contributed by atoms with Crippen LogP contribution in [0.15, 0.2) is 54.1 Å². The van der Waals surface area contributed by atoms with Crippen LogP contribution in [0.5, 0.6) is 0 Å². The van der Waals surface area contributed by atoms with Crippen LogP contribution < -0.4 is 5.32 Å². The first-order valence-electron chi connectivity index (χ1n) is 13.8. The summed E-state index contributed by atoms with van der Waals surface area (Å²) in [5.74, 6) is 1.23. The Bertz CT molecular complexity index is 1130. The molecular formula is C31H40FNO4. The summed E-state index contributed by atoms with van der Waals surface area (Å²) >= 11 is 0. The fourth-order valence-electron chi connectivity index (χ4n) is 7.39. The molecule has 1 unspecified atom stereocenters. The second-order valence-electron chi connectivity index (χ2n) is 11.3. The number of rotatable bonds is 5. The van der Waals surface area contributed by atoms with Gasteiger partial charge in [0, 0.05) is 13.4 Å². The lowest BCUT2D eigenvalue weighted by Crippen LogP contribution is -2.48. The van der Waals surface area contributed by atoms with Crippen molar-refractivity contribution < 1.29 is 24.9 Å². The lowest BCUT2D eigenvalue weighted by molar-refractivity contribution is -0.144. The minimum atomic E-state index is -0.353. The first kappa shape index (κ1) is 25.7. The van der Waals surface area contributed by atoms with Gasteiger partial charge in [-0.2, -0.15) is 0 Å². The third kappa shape index (κ3) is 5.39. The number of amides is 1. The molecule has 0 radical (unpaired) electrons. The Kier molecular flexibility index (Phi) is 7.55. The standard InChI is InChI=1S/C31H38FNO4.H2/c1-4-36-31(35)33-24-10-13-26-22(16-24)17-28-29(19(3)37-30(28)34)27(26)12-9-20-8-11-25(18(2)14-20)21-6-5-7-23(32)15-21;/h5-9,11-12,15,18-19,22,24,26-29H,4,10,13-14,16-17H2,1-3H3,(H,33,35);1H/b12-9+;/t18?,19-,22+,24-,26+,27+,28-,29+;/m0./s1. The Morgan fingerprint density at radius 3 is 2.84 bits per heavy atom. The van der Waals surface area contributed by atoms with Gasteiger partial charge in [-0.15, -0.1) is 0 Å². The summed E-state index contributed by atoms with van der Waals surface area (Å²) in [5, 5.41) is 3.02. The first-order chi connectivity index (χ1) is 17.8. The van der Waals surface area contributed by atoms with Crippen LogP contribution >= 0.6 is 0 Å². The van der Waals surface area contributed by atoms with E-state index in [9.17, 15) is 14.0 Å². The molecule has 3 fully saturated rings. The molecular weight excluding hydrogens is 469 g/mol. The molecule has 1 aromatic rings. The molecule has 4 aliphatic rings. The number of allylic oxidation sites excluding steroid dienone is 6. The van der Waals surface area contributed by atoms with Gasteiger partial charge in [0.05, 0.1) is 12.5 Å². The second-order valence-corrected chi connectivity index (χ2v) is 11.3. The number of alkyl carbamates (subject to hydrolysis) is 1. The van der Waals surface area contributed by atoms with E-state index in [1.54, 1.807) is 12.1 Å². The zero-order valence-corrected chi connectivity index (χ0v) is 22.0. The van der Waals surface area contributed by atoms with Crippen molar-refractivity contribution in [3.8, 4) is 0 Å². The van der Waals surface area contributed by atoms with Gasteiger partial charge in [0.15, 0.2) is 0 Å². The molecule has 0 spiro atoms. The molecule has 0 bridgehead atoms. The van der Waals surface area contributed by atoms with Gasteiger partial charge in [0.1, 0.15) is 11.9 Å². The molecule has 1 aliphatic heterocycles. The fourth-order valence-corrected chi connectivity index (χ4v) is 7.39. The van der Waals surface area contributed by atoms with Crippen molar-refractivity contribution >= 4 is 17.6 Å². The summed E-state index contributed by atoms with van der Waals surface area (Å²) in [5.41, 5.74) is 3.35. The molecule has 200 valence electrons. The Labute approximate surface area is 220 Å². The number of carbonyl (C=O) groups is 2. The number of fused-ring (bicyclic) bond motifs is 2. The van der Waals surface area contributed by atoms with Crippen LogP contribution in [-0.2, 0) is 14.3 Å². The van der Waals surface area contributed by atoms with E-state index >= 15 is 0 Å². The van der Waals surface area contributed by atoms with E-state index in [2.05, 4.69) is 36.5 Å². The normalized spacial score (nSPS) is 35.2. The van der Waals surface area contributed by atoms with Crippen molar-refractivity contribution in [3.63, 3.8) is 0 Å². The van der Waals surface area contributed by atoms with Crippen LogP contribution in [0.25, 0.3) is 5.57 Å². The van der Waals surface area contributed by atoms with Crippen LogP contribution in [0.2, 0.25) is 0 Å². The molecule has 1 aromatic carbocycles. The van der Waals surface area contributed by atoms with E-state index in [4.69, 9.17) is 9.47 Å². The molecule has 37 heavy (non-hydrogen) atoms. The highest BCUT2D eigenvalue weighted by molar-refractivity contribution is 5.75. The van der Waals surface area contributed by atoms with Crippen LogP contribution in [0.1, 0.15) is 59.9 Å². The molecule has 1 N–H and O–H groups in total. The van der Waals surface area contributed by atoms with Crippen molar-refractivity contribution in [2.75, 3.05) is 6.61 Å². The average Bonchev–Trinajstić information content (AvgIpc) is 3.14. The molecule has 1 saturated heterocycles. The van der Waals surface area contributed by atoms with E-state index in [1.165, 1.54) is 11.6 Å². The Morgan fingerprint density at radius 2 is 2.08 bits per heavy atom. The zero-order chi connectivity index (χ0) is 26.1. The van der Waals surface area contributed by atoms with Gasteiger partial charge in [-0.3, -0.25) is 4.79 Å². The molecule has 6 heteroatoms. The number of carbonyl (C=O) groups excluding carboxylic acids is 2. The quantitative estimate of drug-likeness (QED) is 0.448.